The van der Waals surface area contributed by atoms with Crippen LogP contribution in [-0.2, 0) is 5.88 Å². The minimum Gasteiger partial charge on any atom is -0.207 e. The molecule has 0 saturated carbocycles. The van der Waals surface area contributed by atoms with Gasteiger partial charge in [-0.15, -0.1) is 11.6 Å². The van der Waals surface area contributed by atoms with E-state index in [4.69, 9.17) is 46.4 Å². The Kier molecular flexibility index (Phi) is 4.39. The summed E-state index contributed by atoms with van der Waals surface area (Å²) in [6.45, 7) is 0. The predicted molar refractivity (Wildman–Crippen MR) is 76.4 cm³/mol. The lowest BCUT2D eigenvalue weighted by atomic mass is 10.0. The summed E-state index contributed by atoms with van der Waals surface area (Å²) in [5.74, 6) is -0.287. The minimum absolute atomic E-state index is 0.0693. The molecule has 0 radical (unpaired) electrons. The molecule has 5 heteroatoms. The molecule has 0 aliphatic rings. The Morgan fingerprint density at radius 1 is 1.00 bits per heavy atom. The van der Waals surface area contributed by atoms with E-state index in [1.807, 2.05) is 0 Å². The number of rotatable bonds is 2. The number of hydrogen-bond acceptors (Lipinski definition) is 0. The van der Waals surface area contributed by atoms with Crippen LogP contribution in [0.25, 0.3) is 11.1 Å². The van der Waals surface area contributed by atoms with Crippen LogP contribution in [0, 0.1) is 5.82 Å². The third-order valence-electron chi connectivity index (χ3n) is 2.55. The molecule has 0 amide bonds. The maximum atomic E-state index is 13.6. The molecular weight excluding hydrogens is 317 g/mol. The van der Waals surface area contributed by atoms with Gasteiger partial charge in [-0.2, -0.15) is 0 Å². The van der Waals surface area contributed by atoms with Crippen LogP contribution in [0.15, 0.2) is 30.3 Å². The Morgan fingerprint density at radius 3 is 2.17 bits per heavy atom. The molecule has 2 aromatic rings. The van der Waals surface area contributed by atoms with Gasteiger partial charge in [0.25, 0.3) is 0 Å². The van der Waals surface area contributed by atoms with Gasteiger partial charge in [0.05, 0.1) is 20.9 Å². The fraction of sp³-hybridized carbons (Fsp3) is 0.0769. The molecule has 0 heterocycles. The smallest absolute Gasteiger partial charge is 0.128 e. The highest BCUT2D eigenvalue weighted by Crippen LogP contribution is 2.36. The summed E-state index contributed by atoms with van der Waals surface area (Å²) in [6.07, 6.45) is 0. The topological polar surface area (TPSA) is 0 Å². The lowest BCUT2D eigenvalue weighted by Gasteiger charge is -2.10. The molecule has 2 aromatic carbocycles. The minimum atomic E-state index is -0.357. The van der Waals surface area contributed by atoms with Crippen molar-refractivity contribution < 1.29 is 4.39 Å². The summed E-state index contributed by atoms with van der Waals surface area (Å²) >= 11 is 23.6. The van der Waals surface area contributed by atoms with Gasteiger partial charge >= 0.3 is 0 Å². The third kappa shape index (κ3) is 2.60. The summed E-state index contributed by atoms with van der Waals surface area (Å²) in [7, 11) is 0. The maximum Gasteiger partial charge on any atom is 0.128 e. The first-order chi connectivity index (χ1) is 8.54. The Bertz CT molecular complexity index is 573. The van der Waals surface area contributed by atoms with Gasteiger partial charge < -0.3 is 0 Å². The van der Waals surface area contributed by atoms with E-state index >= 15 is 0 Å². The standard InChI is InChI=1S/C13H7Cl4F/c14-6-9-8(2-1-3-12(9)18)7-4-10(15)13(17)11(16)5-7/h1-5H,6H2. The molecule has 0 atom stereocenters. The Morgan fingerprint density at radius 2 is 1.61 bits per heavy atom. The number of halogens is 5. The van der Waals surface area contributed by atoms with Crippen molar-refractivity contribution in [2.75, 3.05) is 0 Å². The number of hydrogen-bond donors (Lipinski definition) is 0. The summed E-state index contributed by atoms with van der Waals surface area (Å²) in [6, 6.07) is 8.01. The molecule has 0 aromatic heterocycles. The number of benzene rings is 2. The molecule has 18 heavy (non-hydrogen) atoms. The lowest BCUT2D eigenvalue weighted by molar-refractivity contribution is 0.617. The quantitative estimate of drug-likeness (QED) is 0.456. The molecule has 94 valence electrons. The second kappa shape index (κ2) is 5.66. The first-order valence-corrected chi connectivity index (χ1v) is 6.69. The third-order valence-corrected chi connectivity index (χ3v) is 4.01. The van der Waals surface area contributed by atoms with Crippen molar-refractivity contribution in [3.63, 3.8) is 0 Å². The second-order valence-electron chi connectivity index (χ2n) is 3.65. The monoisotopic (exact) mass is 322 g/mol. The van der Waals surface area contributed by atoms with Crippen LogP contribution in [0.3, 0.4) is 0 Å². The van der Waals surface area contributed by atoms with Gasteiger partial charge in [-0.25, -0.2) is 4.39 Å². The van der Waals surface area contributed by atoms with Crippen molar-refractivity contribution in [3.05, 3.63) is 56.8 Å². The van der Waals surface area contributed by atoms with E-state index in [1.165, 1.54) is 6.07 Å². The first-order valence-electron chi connectivity index (χ1n) is 5.03. The van der Waals surface area contributed by atoms with Crippen molar-refractivity contribution in [2.24, 2.45) is 0 Å². The van der Waals surface area contributed by atoms with Crippen molar-refractivity contribution in [1.82, 2.24) is 0 Å². The van der Waals surface area contributed by atoms with Gasteiger partial charge in [0, 0.05) is 5.56 Å². The highest BCUT2D eigenvalue weighted by Gasteiger charge is 2.12. The van der Waals surface area contributed by atoms with Gasteiger partial charge in [-0.05, 0) is 29.3 Å². The van der Waals surface area contributed by atoms with Crippen molar-refractivity contribution in [1.29, 1.82) is 0 Å². The van der Waals surface area contributed by atoms with Crippen LogP contribution < -0.4 is 0 Å². The fourth-order valence-electron chi connectivity index (χ4n) is 1.68. The zero-order valence-electron chi connectivity index (χ0n) is 8.98. The molecular formula is C13H7Cl4F. The van der Waals surface area contributed by atoms with Gasteiger partial charge in [0.15, 0.2) is 0 Å². The van der Waals surface area contributed by atoms with Crippen LogP contribution in [-0.4, -0.2) is 0 Å². The highest BCUT2D eigenvalue weighted by atomic mass is 35.5. The largest absolute Gasteiger partial charge is 0.207 e. The highest BCUT2D eigenvalue weighted by molar-refractivity contribution is 6.48. The zero-order chi connectivity index (χ0) is 13.3. The van der Waals surface area contributed by atoms with E-state index in [-0.39, 0.29) is 16.7 Å². The molecule has 0 aliphatic carbocycles. The fourth-order valence-corrected chi connectivity index (χ4v) is 2.54. The maximum absolute atomic E-state index is 13.6. The van der Waals surface area contributed by atoms with Crippen molar-refractivity contribution >= 4 is 46.4 Å². The molecule has 0 bridgehead atoms. The predicted octanol–water partition coefficient (Wildman–Crippen LogP) is 6.19. The van der Waals surface area contributed by atoms with E-state index in [9.17, 15) is 4.39 Å². The SMILES string of the molecule is Fc1cccc(-c2cc(Cl)c(Cl)c(Cl)c2)c1CCl. The van der Waals surface area contributed by atoms with Crippen LogP contribution in [0.5, 0.6) is 0 Å². The molecule has 0 spiro atoms. The Labute approximate surface area is 124 Å². The molecule has 0 unspecified atom stereocenters. The summed E-state index contributed by atoms with van der Waals surface area (Å²) in [5.41, 5.74) is 1.75. The molecule has 0 N–H and O–H groups in total. The average molecular weight is 324 g/mol. The normalized spacial score (nSPS) is 10.7. The first kappa shape index (κ1) is 14.0. The second-order valence-corrected chi connectivity index (χ2v) is 5.11. The average Bonchev–Trinajstić information content (AvgIpc) is 2.35. The van der Waals surface area contributed by atoms with Crippen LogP contribution in [0.1, 0.15) is 5.56 Å². The van der Waals surface area contributed by atoms with E-state index in [2.05, 4.69) is 0 Å². The van der Waals surface area contributed by atoms with Crippen LogP contribution in [0.2, 0.25) is 15.1 Å². The van der Waals surface area contributed by atoms with Crippen LogP contribution in [0.4, 0.5) is 4.39 Å². The Balaban J connectivity index is 2.66. The molecule has 0 saturated heterocycles. The van der Waals surface area contributed by atoms with Gasteiger partial charge in [-0.3, -0.25) is 0 Å². The van der Waals surface area contributed by atoms with E-state index in [1.54, 1.807) is 24.3 Å². The summed E-state index contributed by atoms with van der Waals surface area (Å²) in [5, 5.41) is 0.929. The van der Waals surface area contributed by atoms with Crippen molar-refractivity contribution in [2.45, 2.75) is 5.88 Å². The van der Waals surface area contributed by atoms with E-state index < -0.39 is 0 Å². The van der Waals surface area contributed by atoms with Gasteiger partial charge in [0.1, 0.15) is 5.82 Å². The van der Waals surface area contributed by atoms with Gasteiger partial charge in [0.2, 0.25) is 0 Å². The summed E-state index contributed by atoms with van der Waals surface area (Å²) < 4.78 is 13.6. The number of alkyl halides is 1. The summed E-state index contributed by atoms with van der Waals surface area (Å²) in [4.78, 5) is 0. The molecule has 0 fully saturated rings. The van der Waals surface area contributed by atoms with E-state index in [0.717, 1.165) is 0 Å². The van der Waals surface area contributed by atoms with E-state index in [0.29, 0.717) is 26.7 Å². The van der Waals surface area contributed by atoms with Crippen molar-refractivity contribution in [3.8, 4) is 11.1 Å². The van der Waals surface area contributed by atoms with Gasteiger partial charge in [-0.1, -0.05) is 46.9 Å². The molecule has 0 nitrogen and oxygen atoms in total. The Hall–Kier alpha value is -0.470. The zero-order valence-corrected chi connectivity index (χ0v) is 12.0. The molecule has 0 aliphatic heterocycles. The molecule has 2 rings (SSSR count). The lowest BCUT2D eigenvalue weighted by Crippen LogP contribution is -1.91. The van der Waals surface area contributed by atoms with Crippen LogP contribution >= 0.6 is 46.4 Å².